The predicted molar refractivity (Wildman–Crippen MR) is 69.7 cm³/mol. The summed E-state index contributed by atoms with van der Waals surface area (Å²) in [6.45, 7) is 5.33. The number of hydrogen-bond donors (Lipinski definition) is 1. The third-order valence-electron chi connectivity index (χ3n) is 2.85. The van der Waals surface area contributed by atoms with Crippen molar-refractivity contribution < 1.29 is 13.7 Å². The molecule has 1 heterocycles. The molecule has 1 amide bonds. The van der Waals surface area contributed by atoms with Crippen molar-refractivity contribution in [3.05, 3.63) is 46.6 Å². The molecule has 0 aliphatic rings. The molecule has 0 saturated heterocycles. The second-order valence-corrected chi connectivity index (χ2v) is 4.36. The Morgan fingerprint density at radius 1 is 1.42 bits per heavy atom. The van der Waals surface area contributed by atoms with Gasteiger partial charge in [-0.2, -0.15) is 0 Å². The van der Waals surface area contributed by atoms with E-state index in [-0.39, 0.29) is 5.69 Å². The van der Waals surface area contributed by atoms with Gasteiger partial charge in [-0.3, -0.25) is 4.79 Å². The molecule has 2 aromatic rings. The van der Waals surface area contributed by atoms with E-state index in [1.165, 1.54) is 12.1 Å². The van der Waals surface area contributed by atoms with Gasteiger partial charge < -0.3 is 9.84 Å². The Morgan fingerprint density at radius 2 is 2.16 bits per heavy atom. The Bertz CT molecular complexity index is 620. The van der Waals surface area contributed by atoms with Crippen LogP contribution in [0, 0.1) is 19.7 Å². The molecule has 0 aliphatic heterocycles. The van der Waals surface area contributed by atoms with E-state index in [0.717, 1.165) is 5.56 Å². The number of anilines is 1. The molecule has 19 heavy (non-hydrogen) atoms. The van der Waals surface area contributed by atoms with Crippen molar-refractivity contribution in [3.8, 4) is 0 Å². The van der Waals surface area contributed by atoms with Crippen molar-refractivity contribution in [1.82, 2.24) is 5.16 Å². The highest BCUT2D eigenvalue weighted by Gasteiger charge is 2.20. The molecule has 0 bridgehead atoms. The summed E-state index contributed by atoms with van der Waals surface area (Å²) in [6, 6.07) is 4.65. The van der Waals surface area contributed by atoms with E-state index in [9.17, 15) is 9.18 Å². The highest BCUT2D eigenvalue weighted by molar-refractivity contribution is 6.05. The van der Waals surface area contributed by atoms with E-state index < -0.39 is 11.7 Å². The maximum Gasteiger partial charge on any atom is 0.261 e. The fraction of sp³-hybridized carbons (Fsp3) is 0.286. The van der Waals surface area contributed by atoms with Crippen molar-refractivity contribution in [1.29, 1.82) is 0 Å². The van der Waals surface area contributed by atoms with Gasteiger partial charge in [0.15, 0.2) is 0 Å². The third kappa shape index (κ3) is 2.65. The lowest BCUT2D eigenvalue weighted by Gasteiger charge is -2.07. The Labute approximate surface area is 110 Å². The summed E-state index contributed by atoms with van der Waals surface area (Å²) in [5, 5.41) is 6.30. The molecule has 1 aromatic carbocycles. The molecule has 1 N–H and O–H groups in total. The summed E-state index contributed by atoms with van der Waals surface area (Å²) in [5.74, 6) is -0.360. The lowest BCUT2D eigenvalue weighted by molar-refractivity contribution is 0.102. The predicted octanol–water partition coefficient (Wildman–Crippen LogP) is 3.25. The number of aromatic nitrogens is 1. The van der Waals surface area contributed by atoms with Crippen LogP contribution in [0.25, 0.3) is 0 Å². The van der Waals surface area contributed by atoms with Crippen LogP contribution >= 0.6 is 0 Å². The molecule has 5 heteroatoms. The normalized spacial score (nSPS) is 10.5. The second kappa shape index (κ2) is 5.22. The number of aryl methyl sites for hydroxylation is 3. The molecule has 0 radical (unpaired) electrons. The Hall–Kier alpha value is -2.17. The first-order valence-electron chi connectivity index (χ1n) is 6.05. The first-order chi connectivity index (χ1) is 9.02. The average Bonchev–Trinajstić information content (AvgIpc) is 2.74. The monoisotopic (exact) mass is 262 g/mol. The molecule has 0 atom stereocenters. The first kappa shape index (κ1) is 13.3. The quantitative estimate of drug-likeness (QED) is 0.923. The summed E-state index contributed by atoms with van der Waals surface area (Å²) in [4.78, 5) is 12.1. The molecule has 0 fully saturated rings. The van der Waals surface area contributed by atoms with Crippen LogP contribution in [0.2, 0.25) is 0 Å². The van der Waals surface area contributed by atoms with Crippen LogP contribution in [0.5, 0.6) is 0 Å². The first-order valence-corrected chi connectivity index (χ1v) is 6.05. The molecule has 100 valence electrons. The van der Waals surface area contributed by atoms with Crippen LogP contribution in [-0.2, 0) is 6.42 Å². The molecule has 4 nitrogen and oxygen atoms in total. The number of rotatable bonds is 3. The van der Waals surface area contributed by atoms with Gasteiger partial charge in [0.1, 0.15) is 17.1 Å². The lowest BCUT2D eigenvalue weighted by atomic mass is 10.1. The van der Waals surface area contributed by atoms with Gasteiger partial charge in [-0.25, -0.2) is 4.39 Å². The summed E-state index contributed by atoms with van der Waals surface area (Å²) in [7, 11) is 0. The van der Waals surface area contributed by atoms with Gasteiger partial charge in [0.25, 0.3) is 5.91 Å². The molecular weight excluding hydrogens is 247 g/mol. The fourth-order valence-corrected chi connectivity index (χ4v) is 1.86. The molecular formula is C14H15FN2O2. The Morgan fingerprint density at radius 3 is 2.79 bits per heavy atom. The molecule has 0 aliphatic carbocycles. The minimum atomic E-state index is -0.458. The van der Waals surface area contributed by atoms with Gasteiger partial charge in [0.2, 0.25) is 0 Å². The van der Waals surface area contributed by atoms with Crippen LogP contribution in [-0.4, -0.2) is 11.1 Å². The van der Waals surface area contributed by atoms with Crippen LogP contribution in [0.3, 0.4) is 0 Å². The largest absolute Gasteiger partial charge is 0.360 e. The van der Waals surface area contributed by atoms with Crippen molar-refractivity contribution in [2.75, 3.05) is 5.32 Å². The van der Waals surface area contributed by atoms with Gasteiger partial charge in [-0.15, -0.1) is 0 Å². The highest BCUT2D eigenvalue weighted by atomic mass is 19.1. The number of benzene rings is 1. The van der Waals surface area contributed by atoms with Gasteiger partial charge in [0, 0.05) is 6.42 Å². The molecule has 0 saturated carbocycles. The van der Waals surface area contributed by atoms with E-state index in [1.54, 1.807) is 19.9 Å². The molecule has 1 aromatic heterocycles. The van der Waals surface area contributed by atoms with Crippen molar-refractivity contribution in [2.24, 2.45) is 0 Å². The Kier molecular flexibility index (Phi) is 3.64. The zero-order valence-electron chi connectivity index (χ0n) is 11.1. The zero-order valence-corrected chi connectivity index (χ0v) is 11.1. The van der Waals surface area contributed by atoms with Crippen molar-refractivity contribution in [3.63, 3.8) is 0 Å². The van der Waals surface area contributed by atoms with E-state index in [4.69, 9.17) is 4.52 Å². The van der Waals surface area contributed by atoms with Crippen LogP contribution in [0.1, 0.15) is 34.3 Å². The number of nitrogens with zero attached hydrogens (tertiary/aromatic N) is 1. The minimum absolute atomic E-state index is 0.151. The number of hydrogen-bond acceptors (Lipinski definition) is 3. The van der Waals surface area contributed by atoms with Crippen molar-refractivity contribution in [2.45, 2.75) is 27.2 Å². The molecule has 0 spiro atoms. The van der Waals surface area contributed by atoms with Gasteiger partial charge >= 0.3 is 0 Å². The summed E-state index contributed by atoms with van der Waals surface area (Å²) >= 11 is 0. The van der Waals surface area contributed by atoms with Crippen molar-refractivity contribution >= 4 is 11.6 Å². The van der Waals surface area contributed by atoms with Gasteiger partial charge in [-0.05, 0) is 31.5 Å². The maximum absolute atomic E-state index is 13.7. The van der Waals surface area contributed by atoms with Crippen LogP contribution < -0.4 is 5.32 Å². The third-order valence-corrected chi connectivity index (χ3v) is 2.85. The summed E-state index contributed by atoms with van der Waals surface area (Å²) < 4.78 is 18.7. The lowest BCUT2D eigenvalue weighted by Crippen LogP contribution is -2.15. The second-order valence-electron chi connectivity index (χ2n) is 4.36. The minimum Gasteiger partial charge on any atom is -0.360 e. The number of nitrogens with one attached hydrogen (secondary N) is 1. The van der Waals surface area contributed by atoms with Gasteiger partial charge in [-0.1, -0.05) is 18.1 Å². The number of halogens is 1. The Balaban J connectivity index is 2.28. The number of carbonyl (C=O) groups excluding carboxylic acids is 1. The zero-order chi connectivity index (χ0) is 14.0. The smallest absolute Gasteiger partial charge is 0.261 e. The van der Waals surface area contributed by atoms with Crippen LogP contribution in [0.15, 0.2) is 22.7 Å². The summed E-state index contributed by atoms with van der Waals surface area (Å²) in [6.07, 6.45) is 0.556. The van der Waals surface area contributed by atoms with Gasteiger partial charge in [0.05, 0.1) is 11.4 Å². The van der Waals surface area contributed by atoms with E-state index >= 15 is 0 Å². The van der Waals surface area contributed by atoms with Crippen LogP contribution in [0.4, 0.5) is 10.1 Å². The fourth-order valence-electron chi connectivity index (χ4n) is 1.86. The molecule has 2 rings (SSSR count). The van der Waals surface area contributed by atoms with E-state index in [1.807, 2.05) is 6.92 Å². The van der Waals surface area contributed by atoms with E-state index in [2.05, 4.69) is 10.5 Å². The topological polar surface area (TPSA) is 55.1 Å². The average molecular weight is 262 g/mol. The number of amides is 1. The highest BCUT2D eigenvalue weighted by Crippen LogP contribution is 2.19. The summed E-state index contributed by atoms with van der Waals surface area (Å²) in [5.41, 5.74) is 1.83. The number of carbonyl (C=O) groups is 1. The molecule has 0 unspecified atom stereocenters. The van der Waals surface area contributed by atoms with E-state index in [0.29, 0.717) is 23.4 Å². The standard InChI is InChI=1S/C14H15FN2O2/c1-4-12-13(9(3)17-19-12)14(18)16-11-6-5-8(2)7-10(11)15/h5-7H,4H2,1-3H3,(H,16,18). The maximum atomic E-state index is 13.7. The SMILES string of the molecule is CCc1onc(C)c1C(=O)Nc1ccc(C)cc1F.